The summed E-state index contributed by atoms with van der Waals surface area (Å²) in [6.45, 7) is 10.9. The molecule has 1 saturated heterocycles. The van der Waals surface area contributed by atoms with Crippen molar-refractivity contribution >= 4 is 17.3 Å². The van der Waals surface area contributed by atoms with Crippen molar-refractivity contribution in [2.45, 2.75) is 26.7 Å². The summed E-state index contributed by atoms with van der Waals surface area (Å²) in [4.78, 5) is 2.40. The van der Waals surface area contributed by atoms with Gasteiger partial charge in [-0.15, -0.1) is 0 Å². The van der Waals surface area contributed by atoms with Crippen LogP contribution in [0.4, 0.5) is 0 Å². The molecule has 23 heavy (non-hydrogen) atoms. The second kappa shape index (κ2) is 9.85. The Morgan fingerprint density at radius 2 is 1.91 bits per heavy atom. The van der Waals surface area contributed by atoms with Gasteiger partial charge in [0.25, 0.3) is 0 Å². The molecule has 2 rings (SSSR count). The minimum atomic E-state index is 0.763. The van der Waals surface area contributed by atoms with E-state index in [2.05, 4.69) is 47.6 Å². The summed E-state index contributed by atoms with van der Waals surface area (Å²) >= 11 is 5.33. The number of ether oxygens (including phenoxy) is 1. The zero-order valence-electron chi connectivity index (χ0n) is 14.4. The highest BCUT2D eigenvalue weighted by molar-refractivity contribution is 7.80. The highest BCUT2D eigenvalue weighted by atomic mass is 32.1. The van der Waals surface area contributed by atoms with Crippen LogP contribution in [-0.4, -0.2) is 55.9 Å². The quantitative estimate of drug-likeness (QED) is 0.589. The van der Waals surface area contributed by atoms with Gasteiger partial charge >= 0.3 is 0 Å². The van der Waals surface area contributed by atoms with Crippen LogP contribution in [0.1, 0.15) is 23.1 Å². The Labute approximate surface area is 145 Å². The fourth-order valence-corrected chi connectivity index (χ4v) is 3.03. The molecule has 5 heteroatoms. The van der Waals surface area contributed by atoms with Gasteiger partial charge in [-0.2, -0.15) is 0 Å². The maximum absolute atomic E-state index is 5.34. The summed E-state index contributed by atoms with van der Waals surface area (Å²) in [5.74, 6) is 0. The Bertz CT molecular complexity index is 501. The Morgan fingerprint density at radius 1 is 1.17 bits per heavy atom. The molecule has 128 valence electrons. The number of nitrogens with one attached hydrogen (secondary N) is 2. The third-order valence-electron chi connectivity index (χ3n) is 4.22. The molecule has 0 aliphatic carbocycles. The number of rotatable bonds is 7. The van der Waals surface area contributed by atoms with Crippen LogP contribution in [0.2, 0.25) is 0 Å². The van der Waals surface area contributed by atoms with Crippen molar-refractivity contribution in [1.82, 2.24) is 15.5 Å². The summed E-state index contributed by atoms with van der Waals surface area (Å²) < 4.78 is 5.34. The molecule has 1 aromatic carbocycles. The van der Waals surface area contributed by atoms with E-state index >= 15 is 0 Å². The van der Waals surface area contributed by atoms with E-state index in [0.717, 1.165) is 63.9 Å². The molecule has 0 amide bonds. The van der Waals surface area contributed by atoms with Crippen LogP contribution in [0.5, 0.6) is 0 Å². The summed E-state index contributed by atoms with van der Waals surface area (Å²) in [6.07, 6.45) is 2.19. The monoisotopic (exact) mass is 335 g/mol. The Morgan fingerprint density at radius 3 is 2.65 bits per heavy atom. The van der Waals surface area contributed by atoms with E-state index < -0.39 is 0 Å². The van der Waals surface area contributed by atoms with Gasteiger partial charge in [0.05, 0.1) is 13.2 Å². The van der Waals surface area contributed by atoms with Crippen molar-refractivity contribution in [3.63, 3.8) is 0 Å². The molecule has 4 nitrogen and oxygen atoms in total. The van der Waals surface area contributed by atoms with Crippen molar-refractivity contribution in [3.05, 3.63) is 34.9 Å². The standard InChI is InChI=1S/C18H29N3OS/c1-15-5-6-17(16(2)14-15)4-3-7-19-18(23)20-8-9-21-10-12-22-13-11-21/h5-6,14H,3-4,7-13H2,1-2H3,(H2,19,20,23). The molecule has 1 heterocycles. The average Bonchev–Trinajstić information content (AvgIpc) is 2.54. The molecule has 0 atom stereocenters. The predicted molar refractivity (Wildman–Crippen MR) is 100 cm³/mol. The van der Waals surface area contributed by atoms with Gasteiger partial charge in [-0.1, -0.05) is 23.8 Å². The number of hydrogen-bond donors (Lipinski definition) is 2. The van der Waals surface area contributed by atoms with Crippen LogP contribution in [0.25, 0.3) is 0 Å². The molecule has 0 radical (unpaired) electrons. The first-order valence-corrected chi connectivity index (χ1v) is 8.94. The van der Waals surface area contributed by atoms with E-state index in [4.69, 9.17) is 17.0 Å². The van der Waals surface area contributed by atoms with Crippen molar-refractivity contribution in [1.29, 1.82) is 0 Å². The molecule has 1 fully saturated rings. The lowest BCUT2D eigenvalue weighted by molar-refractivity contribution is 0.0389. The fourth-order valence-electron chi connectivity index (χ4n) is 2.82. The number of morpholine rings is 1. The predicted octanol–water partition coefficient (Wildman–Crippen LogP) is 2.03. The molecule has 2 N–H and O–H groups in total. The SMILES string of the molecule is Cc1ccc(CCCNC(=S)NCCN2CCOCC2)c(C)c1. The first kappa shape index (κ1) is 18.2. The minimum Gasteiger partial charge on any atom is -0.379 e. The summed E-state index contributed by atoms with van der Waals surface area (Å²) in [6, 6.07) is 6.68. The van der Waals surface area contributed by atoms with E-state index in [1.807, 2.05) is 0 Å². The van der Waals surface area contributed by atoms with Gasteiger partial charge in [0.15, 0.2) is 5.11 Å². The van der Waals surface area contributed by atoms with Gasteiger partial charge in [0, 0.05) is 32.7 Å². The van der Waals surface area contributed by atoms with E-state index in [9.17, 15) is 0 Å². The van der Waals surface area contributed by atoms with Gasteiger partial charge in [-0.05, 0) is 50.0 Å². The molecule has 0 aromatic heterocycles. The summed E-state index contributed by atoms with van der Waals surface area (Å²) in [5.41, 5.74) is 4.15. The molecule has 1 aliphatic heterocycles. The van der Waals surface area contributed by atoms with Gasteiger partial charge in [-0.3, -0.25) is 4.90 Å². The lowest BCUT2D eigenvalue weighted by atomic mass is 10.0. The molecule has 1 aliphatic rings. The molecule has 0 saturated carbocycles. The highest BCUT2D eigenvalue weighted by Crippen LogP contribution is 2.12. The Hall–Kier alpha value is -1.17. The van der Waals surface area contributed by atoms with Crippen molar-refractivity contribution < 1.29 is 4.74 Å². The average molecular weight is 336 g/mol. The molecule has 0 unspecified atom stereocenters. The van der Waals surface area contributed by atoms with Crippen molar-refractivity contribution in [2.24, 2.45) is 0 Å². The lowest BCUT2D eigenvalue weighted by Crippen LogP contribution is -2.43. The van der Waals surface area contributed by atoms with Gasteiger partial charge in [-0.25, -0.2) is 0 Å². The molecule has 0 spiro atoms. The van der Waals surface area contributed by atoms with E-state index in [1.165, 1.54) is 16.7 Å². The number of nitrogens with zero attached hydrogens (tertiary/aromatic N) is 1. The van der Waals surface area contributed by atoms with Crippen LogP contribution in [0.3, 0.4) is 0 Å². The zero-order chi connectivity index (χ0) is 16.5. The van der Waals surface area contributed by atoms with E-state index in [-0.39, 0.29) is 0 Å². The fraction of sp³-hybridized carbons (Fsp3) is 0.611. The van der Waals surface area contributed by atoms with Crippen LogP contribution in [0.15, 0.2) is 18.2 Å². The second-order valence-corrected chi connectivity index (χ2v) is 6.58. The van der Waals surface area contributed by atoms with Gasteiger partial charge in [0.1, 0.15) is 0 Å². The molecule has 1 aromatic rings. The smallest absolute Gasteiger partial charge is 0.166 e. The van der Waals surface area contributed by atoms with E-state index in [1.54, 1.807) is 0 Å². The Kier molecular flexibility index (Phi) is 7.79. The van der Waals surface area contributed by atoms with Gasteiger partial charge < -0.3 is 15.4 Å². The number of thiocarbonyl (C=S) groups is 1. The highest BCUT2D eigenvalue weighted by Gasteiger charge is 2.09. The van der Waals surface area contributed by atoms with Crippen LogP contribution in [-0.2, 0) is 11.2 Å². The van der Waals surface area contributed by atoms with Gasteiger partial charge in [0.2, 0.25) is 0 Å². The lowest BCUT2D eigenvalue weighted by Gasteiger charge is -2.26. The second-order valence-electron chi connectivity index (χ2n) is 6.17. The molecule has 0 bridgehead atoms. The van der Waals surface area contributed by atoms with Crippen molar-refractivity contribution in [2.75, 3.05) is 45.9 Å². The molecular formula is C18H29N3OS. The minimum absolute atomic E-state index is 0.763. The maximum atomic E-state index is 5.34. The third-order valence-corrected chi connectivity index (χ3v) is 4.51. The topological polar surface area (TPSA) is 36.5 Å². The maximum Gasteiger partial charge on any atom is 0.166 e. The van der Waals surface area contributed by atoms with Crippen LogP contribution < -0.4 is 10.6 Å². The summed E-state index contributed by atoms with van der Waals surface area (Å²) in [5, 5.41) is 7.35. The number of benzene rings is 1. The van der Waals surface area contributed by atoms with Crippen molar-refractivity contribution in [3.8, 4) is 0 Å². The zero-order valence-corrected chi connectivity index (χ0v) is 15.2. The first-order chi connectivity index (χ1) is 11.1. The van der Waals surface area contributed by atoms with Crippen LogP contribution in [0, 0.1) is 13.8 Å². The first-order valence-electron chi connectivity index (χ1n) is 8.53. The Balaban J connectivity index is 1.54. The summed E-state index contributed by atoms with van der Waals surface area (Å²) in [7, 11) is 0. The largest absolute Gasteiger partial charge is 0.379 e. The normalized spacial score (nSPS) is 15.4. The third kappa shape index (κ3) is 6.85. The number of aryl methyl sites for hydroxylation is 3. The molecular weight excluding hydrogens is 306 g/mol. The number of hydrogen-bond acceptors (Lipinski definition) is 3. The van der Waals surface area contributed by atoms with Crippen LogP contribution >= 0.6 is 12.2 Å². The van der Waals surface area contributed by atoms with E-state index in [0.29, 0.717) is 0 Å².